The van der Waals surface area contributed by atoms with Gasteiger partial charge >= 0.3 is 0 Å². The molecule has 1 atom stereocenters. The van der Waals surface area contributed by atoms with Gasteiger partial charge in [-0.3, -0.25) is 0 Å². The topological polar surface area (TPSA) is 46.2 Å². The van der Waals surface area contributed by atoms with Crippen LogP contribution in [0.4, 0.5) is 0 Å². The van der Waals surface area contributed by atoms with Gasteiger partial charge < -0.3 is 5.32 Å². The molecule has 0 aliphatic carbocycles. The number of benzene rings is 1. The van der Waals surface area contributed by atoms with Gasteiger partial charge in [0.2, 0.25) is 0 Å². The van der Waals surface area contributed by atoms with Crippen LogP contribution in [0.2, 0.25) is 0 Å². The maximum atomic E-state index is 11.9. The first-order chi connectivity index (χ1) is 7.83. The molecule has 1 aliphatic heterocycles. The highest BCUT2D eigenvalue weighted by molar-refractivity contribution is 7.90. The maximum Gasteiger partial charge on any atom is 0.175 e. The Balaban J connectivity index is 2.62. The van der Waals surface area contributed by atoms with Crippen LogP contribution in [0.3, 0.4) is 0 Å². The van der Waals surface area contributed by atoms with Crippen LogP contribution in [0.15, 0.2) is 23.1 Å². The molecule has 0 spiro atoms. The monoisotopic (exact) mass is 253 g/mol. The van der Waals surface area contributed by atoms with Crippen LogP contribution < -0.4 is 5.32 Å². The molecule has 0 radical (unpaired) electrons. The van der Waals surface area contributed by atoms with Crippen molar-refractivity contribution in [2.75, 3.05) is 12.8 Å². The highest BCUT2D eigenvalue weighted by Crippen LogP contribution is 2.34. The summed E-state index contributed by atoms with van der Waals surface area (Å²) in [7, 11) is -3.17. The van der Waals surface area contributed by atoms with Gasteiger partial charge in [0.15, 0.2) is 9.84 Å². The van der Waals surface area contributed by atoms with E-state index in [1.807, 2.05) is 19.1 Å². The predicted molar refractivity (Wildman–Crippen MR) is 68.9 cm³/mol. The van der Waals surface area contributed by atoms with Gasteiger partial charge in [-0.15, -0.1) is 0 Å². The van der Waals surface area contributed by atoms with Crippen molar-refractivity contribution < 1.29 is 8.42 Å². The first-order valence-corrected chi connectivity index (χ1v) is 7.78. The van der Waals surface area contributed by atoms with Gasteiger partial charge in [-0.25, -0.2) is 8.42 Å². The number of sulfone groups is 1. The van der Waals surface area contributed by atoms with Crippen LogP contribution in [0.25, 0.3) is 0 Å². The SMILES string of the molecule is Cc1ccc(C2(C)CCCN2)c(S(C)(=O)=O)c1. The van der Waals surface area contributed by atoms with Crippen LogP contribution >= 0.6 is 0 Å². The molecule has 1 N–H and O–H groups in total. The molecule has 3 nitrogen and oxygen atoms in total. The molecule has 94 valence electrons. The highest BCUT2D eigenvalue weighted by atomic mass is 32.2. The molecule has 1 aliphatic rings. The third-order valence-corrected chi connectivity index (χ3v) is 4.64. The Bertz CT molecular complexity index is 528. The number of nitrogens with one attached hydrogen (secondary N) is 1. The molecule has 1 heterocycles. The molecule has 1 aromatic rings. The van der Waals surface area contributed by atoms with E-state index in [9.17, 15) is 8.42 Å². The minimum atomic E-state index is -3.17. The summed E-state index contributed by atoms with van der Waals surface area (Å²) in [5, 5.41) is 3.42. The number of hydrogen-bond acceptors (Lipinski definition) is 3. The van der Waals surface area contributed by atoms with Crippen molar-refractivity contribution >= 4 is 9.84 Å². The smallest absolute Gasteiger partial charge is 0.175 e. The molecule has 2 rings (SSSR count). The molecule has 0 aromatic heterocycles. The van der Waals surface area contributed by atoms with Crippen molar-refractivity contribution in [2.24, 2.45) is 0 Å². The zero-order chi connectivity index (χ0) is 12.7. The van der Waals surface area contributed by atoms with Crippen LogP contribution in [0, 0.1) is 6.92 Å². The lowest BCUT2D eigenvalue weighted by Gasteiger charge is -2.27. The molecular weight excluding hydrogens is 234 g/mol. The molecule has 0 amide bonds. The lowest BCUT2D eigenvalue weighted by molar-refractivity contribution is 0.425. The lowest BCUT2D eigenvalue weighted by Crippen LogP contribution is -2.34. The van der Waals surface area contributed by atoms with Gasteiger partial charge in [0.25, 0.3) is 0 Å². The number of rotatable bonds is 2. The second-order valence-electron chi connectivity index (χ2n) is 5.13. The predicted octanol–water partition coefficient (Wildman–Crippen LogP) is 2.00. The first kappa shape index (κ1) is 12.6. The van der Waals surface area contributed by atoms with E-state index < -0.39 is 9.84 Å². The van der Waals surface area contributed by atoms with Gasteiger partial charge in [0, 0.05) is 11.8 Å². The van der Waals surface area contributed by atoms with Crippen molar-refractivity contribution in [1.29, 1.82) is 0 Å². The second-order valence-corrected chi connectivity index (χ2v) is 7.12. The fourth-order valence-corrected chi connectivity index (χ4v) is 3.61. The normalized spacial score (nSPS) is 25.1. The lowest BCUT2D eigenvalue weighted by atomic mass is 9.90. The van der Waals surface area contributed by atoms with Crippen molar-refractivity contribution in [2.45, 2.75) is 37.1 Å². The molecule has 1 fully saturated rings. The summed E-state index contributed by atoms with van der Waals surface area (Å²) < 4.78 is 23.8. The average Bonchev–Trinajstić information content (AvgIpc) is 2.64. The van der Waals surface area contributed by atoms with Gasteiger partial charge in [0.05, 0.1) is 4.90 Å². The third kappa shape index (κ3) is 2.38. The minimum absolute atomic E-state index is 0.202. The van der Waals surface area contributed by atoms with Gasteiger partial charge in [0.1, 0.15) is 0 Å². The molecule has 1 unspecified atom stereocenters. The quantitative estimate of drug-likeness (QED) is 0.877. The summed E-state index contributed by atoms with van der Waals surface area (Å²) in [4.78, 5) is 0.467. The van der Waals surface area contributed by atoms with Gasteiger partial charge in [-0.05, 0) is 50.4 Å². The van der Waals surface area contributed by atoms with Crippen molar-refractivity contribution in [3.8, 4) is 0 Å². The van der Waals surface area contributed by atoms with Crippen molar-refractivity contribution in [1.82, 2.24) is 5.32 Å². The van der Waals surface area contributed by atoms with Gasteiger partial charge in [-0.1, -0.05) is 12.1 Å². The standard InChI is InChI=1S/C13H19NO2S/c1-10-5-6-11(12(9-10)17(3,15)16)13(2)7-4-8-14-13/h5-6,9,14H,4,7-8H2,1-3H3. The zero-order valence-corrected chi connectivity index (χ0v) is 11.4. The van der Waals surface area contributed by atoms with Crippen LogP contribution in [-0.4, -0.2) is 21.2 Å². The van der Waals surface area contributed by atoms with Crippen LogP contribution in [-0.2, 0) is 15.4 Å². The van der Waals surface area contributed by atoms with Crippen LogP contribution in [0.1, 0.15) is 30.9 Å². The molecule has 0 bridgehead atoms. The highest BCUT2D eigenvalue weighted by Gasteiger charge is 2.33. The summed E-state index contributed by atoms with van der Waals surface area (Å²) in [6.45, 7) is 4.95. The van der Waals surface area contributed by atoms with E-state index in [0.717, 1.165) is 30.5 Å². The Morgan fingerprint density at radius 3 is 2.59 bits per heavy atom. The fourth-order valence-electron chi connectivity index (χ4n) is 2.52. The zero-order valence-electron chi connectivity index (χ0n) is 10.6. The van der Waals surface area contributed by atoms with E-state index in [1.165, 1.54) is 6.26 Å². The summed E-state index contributed by atoms with van der Waals surface area (Å²) in [5.41, 5.74) is 1.69. The maximum absolute atomic E-state index is 11.9. The number of aryl methyl sites for hydroxylation is 1. The Morgan fingerprint density at radius 2 is 2.06 bits per heavy atom. The fraction of sp³-hybridized carbons (Fsp3) is 0.538. The Labute approximate surface area is 103 Å². The van der Waals surface area contributed by atoms with Crippen LogP contribution in [0.5, 0.6) is 0 Å². The Morgan fingerprint density at radius 1 is 1.35 bits per heavy atom. The molecule has 4 heteroatoms. The molecule has 1 aromatic carbocycles. The Kier molecular flexibility index (Phi) is 3.04. The summed E-state index contributed by atoms with van der Waals surface area (Å²) >= 11 is 0. The molecule has 17 heavy (non-hydrogen) atoms. The first-order valence-electron chi connectivity index (χ1n) is 5.89. The van der Waals surface area contributed by atoms with E-state index in [-0.39, 0.29) is 5.54 Å². The van der Waals surface area contributed by atoms with E-state index >= 15 is 0 Å². The summed E-state index contributed by atoms with van der Waals surface area (Å²) in [6, 6.07) is 5.70. The minimum Gasteiger partial charge on any atom is -0.308 e. The second kappa shape index (κ2) is 4.10. The molecule has 0 saturated carbocycles. The summed E-state index contributed by atoms with van der Waals surface area (Å²) in [5.74, 6) is 0. The Hall–Kier alpha value is -0.870. The third-order valence-electron chi connectivity index (χ3n) is 3.50. The van der Waals surface area contributed by atoms with Crippen molar-refractivity contribution in [3.05, 3.63) is 29.3 Å². The largest absolute Gasteiger partial charge is 0.308 e. The molecule has 1 saturated heterocycles. The molecular formula is C13H19NO2S. The number of hydrogen-bond donors (Lipinski definition) is 1. The summed E-state index contributed by atoms with van der Waals surface area (Å²) in [6.07, 6.45) is 3.36. The van der Waals surface area contributed by atoms with E-state index in [4.69, 9.17) is 0 Å². The van der Waals surface area contributed by atoms with E-state index in [0.29, 0.717) is 4.90 Å². The van der Waals surface area contributed by atoms with E-state index in [2.05, 4.69) is 12.2 Å². The van der Waals surface area contributed by atoms with E-state index in [1.54, 1.807) is 6.07 Å². The van der Waals surface area contributed by atoms with Crippen molar-refractivity contribution in [3.63, 3.8) is 0 Å². The van der Waals surface area contributed by atoms with Gasteiger partial charge in [-0.2, -0.15) is 0 Å². The average molecular weight is 253 g/mol.